The lowest BCUT2D eigenvalue weighted by Crippen LogP contribution is -2.30. The molecule has 0 amide bonds. The van der Waals surface area contributed by atoms with Gasteiger partial charge in [0.25, 0.3) is 0 Å². The van der Waals surface area contributed by atoms with Gasteiger partial charge in [0.05, 0.1) is 5.41 Å². The Labute approximate surface area is 148 Å². The molecule has 1 atom stereocenters. The Morgan fingerprint density at radius 3 is 2.17 bits per heavy atom. The van der Waals surface area contributed by atoms with E-state index in [1.54, 1.807) is 0 Å². The van der Waals surface area contributed by atoms with Crippen LogP contribution >= 0.6 is 0 Å². The fraction of sp³-hybridized carbons (Fsp3) is 0.435. The lowest BCUT2D eigenvalue weighted by Gasteiger charge is -2.23. The Balaban J connectivity index is 2.69. The fourth-order valence-corrected chi connectivity index (χ4v) is 4.18. The summed E-state index contributed by atoms with van der Waals surface area (Å²) in [5.74, 6) is 0. The van der Waals surface area contributed by atoms with Gasteiger partial charge < -0.3 is 0 Å². The third-order valence-corrected chi connectivity index (χ3v) is 5.25. The average molecular weight is 323 g/mol. The molecule has 24 heavy (non-hydrogen) atoms. The molecule has 1 aromatic rings. The maximum absolute atomic E-state index is 4.03. The van der Waals surface area contributed by atoms with Crippen LogP contribution in [0.25, 0.3) is 0 Å². The van der Waals surface area contributed by atoms with Crippen LogP contribution in [-0.4, -0.2) is 16.3 Å². The zero-order valence-corrected chi connectivity index (χ0v) is 16.0. The summed E-state index contributed by atoms with van der Waals surface area (Å²) in [5, 5.41) is 0. The maximum Gasteiger partial charge on any atom is 0.211 e. The number of hydrogen-bond acceptors (Lipinski definition) is 0. The van der Waals surface area contributed by atoms with Crippen molar-refractivity contribution in [3.8, 4) is 0 Å². The molecule has 1 heterocycles. The molecule has 1 unspecified atom stereocenters. The van der Waals surface area contributed by atoms with Crippen molar-refractivity contribution in [1.29, 1.82) is 0 Å². The number of para-hydroxylation sites is 1. The van der Waals surface area contributed by atoms with Crippen molar-refractivity contribution in [1.82, 2.24) is 0 Å². The normalized spacial score (nSPS) is 23.0. The number of aryl methyl sites for hydroxylation is 2. The third kappa shape index (κ3) is 3.17. The lowest BCUT2D eigenvalue weighted by molar-refractivity contribution is -0.512. The molecule has 1 nitrogen and oxygen atoms in total. The van der Waals surface area contributed by atoms with Gasteiger partial charge in [-0.15, -0.1) is 0 Å². The van der Waals surface area contributed by atoms with Crippen LogP contribution in [0.1, 0.15) is 52.2 Å². The van der Waals surface area contributed by atoms with Crippen molar-refractivity contribution in [3.05, 3.63) is 66.3 Å². The van der Waals surface area contributed by atoms with E-state index in [1.807, 2.05) is 12.2 Å². The van der Waals surface area contributed by atoms with E-state index >= 15 is 0 Å². The lowest BCUT2D eigenvalue weighted by atomic mass is 9.77. The summed E-state index contributed by atoms with van der Waals surface area (Å²) in [6, 6.07) is 6.72. The molecule has 0 bridgehead atoms. The second-order valence-electron chi connectivity index (χ2n) is 7.60. The van der Waals surface area contributed by atoms with E-state index in [0.717, 1.165) is 19.3 Å². The Hall–Kier alpha value is -1.89. The molecule has 0 aromatic heterocycles. The largest absolute Gasteiger partial charge is 0.211 e. The highest BCUT2D eigenvalue weighted by Gasteiger charge is 2.50. The van der Waals surface area contributed by atoms with Crippen LogP contribution in [-0.2, 0) is 12.8 Å². The Morgan fingerprint density at radius 1 is 1.12 bits per heavy atom. The van der Waals surface area contributed by atoms with Crippen molar-refractivity contribution >= 4 is 11.9 Å². The molecule has 1 aliphatic heterocycles. The second-order valence-corrected chi connectivity index (χ2v) is 7.60. The average Bonchev–Trinajstić information content (AvgIpc) is 2.81. The van der Waals surface area contributed by atoms with E-state index in [0.29, 0.717) is 0 Å². The summed E-state index contributed by atoms with van der Waals surface area (Å²) in [7, 11) is 0. The van der Waals surface area contributed by atoms with Gasteiger partial charge in [-0.05, 0) is 25.3 Å². The van der Waals surface area contributed by atoms with Crippen molar-refractivity contribution in [2.45, 2.75) is 59.4 Å². The molecule has 1 heteroatoms. The van der Waals surface area contributed by atoms with Gasteiger partial charge in [-0.2, -0.15) is 4.58 Å². The highest BCUT2D eigenvalue weighted by Crippen LogP contribution is 2.45. The predicted molar refractivity (Wildman–Crippen MR) is 106 cm³/mol. The quantitative estimate of drug-likeness (QED) is 0.445. The number of hydrogen-bond donors (Lipinski definition) is 0. The monoisotopic (exact) mass is 322 g/mol. The first-order chi connectivity index (χ1) is 11.3. The molecule has 1 aliphatic rings. The van der Waals surface area contributed by atoms with E-state index in [4.69, 9.17) is 0 Å². The molecule has 0 N–H and O–H groups in total. The molecule has 0 radical (unpaired) electrons. The van der Waals surface area contributed by atoms with Crippen LogP contribution in [0.15, 0.2) is 55.2 Å². The van der Waals surface area contributed by atoms with E-state index < -0.39 is 0 Å². The highest BCUT2D eigenvalue weighted by molar-refractivity contribution is 5.72. The van der Waals surface area contributed by atoms with Crippen LogP contribution < -0.4 is 0 Å². The predicted octanol–water partition coefficient (Wildman–Crippen LogP) is 6.01. The van der Waals surface area contributed by atoms with E-state index in [1.165, 1.54) is 22.4 Å². The van der Waals surface area contributed by atoms with Crippen LogP contribution in [0.4, 0.5) is 5.69 Å². The van der Waals surface area contributed by atoms with E-state index in [9.17, 15) is 0 Å². The van der Waals surface area contributed by atoms with Gasteiger partial charge in [0, 0.05) is 31.4 Å². The first-order valence-corrected chi connectivity index (χ1v) is 9.04. The highest BCUT2D eigenvalue weighted by atomic mass is 15.1. The third-order valence-electron chi connectivity index (χ3n) is 5.25. The number of benzene rings is 1. The first-order valence-electron chi connectivity index (χ1n) is 9.04. The number of allylic oxidation sites excluding steroid dienone is 4. The molecule has 1 aromatic carbocycles. The number of nitrogens with zero attached hydrogens (tertiary/aromatic N) is 1. The Morgan fingerprint density at radius 2 is 1.71 bits per heavy atom. The summed E-state index contributed by atoms with van der Waals surface area (Å²) >= 11 is 0. The van der Waals surface area contributed by atoms with E-state index in [2.05, 4.69) is 82.8 Å². The smallest absolute Gasteiger partial charge is 0.197 e. The van der Waals surface area contributed by atoms with Crippen LogP contribution in [0.2, 0.25) is 0 Å². The Kier molecular flexibility index (Phi) is 5.32. The number of rotatable bonds is 6. The molecule has 0 saturated heterocycles. The van der Waals surface area contributed by atoms with Gasteiger partial charge in [-0.25, -0.2) is 0 Å². The summed E-state index contributed by atoms with van der Waals surface area (Å²) < 4.78 is 2.52. The van der Waals surface area contributed by atoms with Gasteiger partial charge in [0.15, 0.2) is 11.8 Å². The minimum atomic E-state index is -0.0225. The minimum Gasteiger partial charge on any atom is -0.197 e. The second kappa shape index (κ2) is 6.93. The summed E-state index contributed by atoms with van der Waals surface area (Å²) in [5.41, 5.74) is 5.53. The van der Waals surface area contributed by atoms with Gasteiger partial charge in [0.1, 0.15) is 0 Å². The van der Waals surface area contributed by atoms with Crippen molar-refractivity contribution in [2.75, 3.05) is 0 Å². The van der Waals surface area contributed by atoms with Crippen molar-refractivity contribution in [2.24, 2.45) is 5.41 Å². The van der Waals surface area contributed by atoms with Crippen LogP contribution in [0, 0.1) is 5.41 Å². The van der Waals surface area contributed by atoms with Gasteiger partial charge in [-0.3, -0.25) is 0 Å². The zero-order chi connectivity index (χ0) is 18.0. The van der Waals surface area contributed by atoms with Gasteiger partial charge in [0.2, 0.25) is 5.69 Å². The van der Waals surface area contributed by atoms with Crippen molar-refractivity contribution in [3.63, 3.8) is 0 Å². The van der Waals surface area contributed by atoms with Gasteiger partial charge >= 0.3 is 0 Å². The molecule has 0 aliphatic carbocycles. The first kappa shape index (κ1) is 18.4. The van der Waals surface area contributed by atoms with E-state index in [-0.39, 0.29) is 11.0 Å². The minimum absolute atomic E-state index is 0.0225. The fourth-order valence-electron chi connectivity index (χ4n) is 4.18. The van der Waals surface area contributed by atoms with Crippen molar-refractivity contribution < 1.29 is 4.58 Å². The molecule has 0 spiro atoms. The van der Waals surface area contributed by atoms with Gasteiger partial charge in [-0.1, -0.05) is 63.4 Å². The topological polar surface area (TPSA) is 3.01 Å². The molecular weight excluding hydrogens is 290 g/mol. The molecule has 2 rings (SSSR count). The summed E-state index contributed by atoms with van der Waals surface area (Å²) in [4.78, 5) is 0. The molecule has 128 valence electrons. The van der Waals surface area contributed by atoms with Crippen LogP contribution in [0.3, 0.4) is 0 Å². The standard InChI is InChI=1S/C23H32N/c1-8-13-20(11-4)23(7)16-22(5,6)24(17-23)21-18(9-2)14-12-15-19(21)10-3/h8,11-15,17H,1,4,9-10,16H2,2-3,5-7H3/q+1/b20-13+. The molecule has 0 saturated carbocycles. The SMILES string of the molecule is C=C/C=C(\C=C)C1(C)C=[N+](c2c(CC)cccc2CC)C(C)(C)C1. The Bertz CT molecular complexity index is 680. The zero-order valence-electron chi connectivity index (χ0n) is 16.0. The summed E-state index contributed by atoms with van der Waals surface area (Å²) in [6.07, 6.45) is 11.5. The maximum atomic E-state index is 4.03. The summed E-state index contributed by atoms with van der Waals surface area (Å²) in [6.45, 7) is 19.4. The molecular formula is C23H32N+. The molecule has 0 fully saturated rings. The van der Waals surface area contributed by atoms with Crippen LogP contribution in [0.5, 0.6) is 0 Å².